The van der Waals surface area contributed by atoms with Crippen molar-refractivity contribution in [3.8, 4) is 0 Å². The van der Waals surface area contributed by atoms with E-state index in [1.54, 1.807) is 0 Å². The minimum Gasteiger partial charge on any atom is -0.391 e. The molecule has 0 amide bonds. The zero-order valence-corrected chi connectivity index (χ0v) is 10.6. The molecule has 0 aliphatic rings. The van der Waals surface area contributed by atoms with Gasteiger partial charge in [-0.25, -0.2) is 0 Å². The van der Waals surface area contributed by atoms with Crippen LogP contribution in [0.5, 0.6) is 0 Å². The number of nitro groups is 1. The standard InChI is InChI=1S/C12H15NO7/c1-6(14)9(15)11(17)12(18)10(16)7-2-4-8(5-3-7)13(19)20/h2-6,9,11-12,14-15,17-18H,1H3/t6-,9-,11+,12-/m1/s1. The maximum absolute atomic E-state index is 11.8. The average Bonchev–Trinajstić information content (AvgIpc) is 2.44. The molecule has 0 heterocycles. The smallest absolute Gasteiger partial charge is 0.269 e. The molecule has 0 spiro atoms. The molecule has 8 nitrogen and oxygen atoms in total. The Morgan fingerprint density at radius 1 is 1.10 bits per heavy atom. The van der Waals surface area contributed by atoms with Gasteiger partial charge in [-0.15, -0.1) is 0 Å². The predicted octanol–water partition coefficient (Wildman–Crippen LogP) is -0.759. The normalized spacial score (nSPS) is 17.1. The first-order chi connectivity index (χ1) is 9.25. The highest BCUT2D eigenvalue weighted by atomic mass is 16.6. The number of hydrogen-bond acceptors (Lipinski definition) is 7. The molecule has 4 N–H and O–H groups in total. The van der Waals surface area contributed by atoms with Crippen LogP contribution >= 0.6 is 0 Å². The number of carbonyl (C=O) groups excluding carboxylic acids is 1. The van der Waals surface area contributed by atoms with E-state index in [1.165, 1.54) is 6.92 Å². The summed E-state index contributed by atoms with van der Waals surface area (Å²) in [6.45, 7) is 1.19. The first-order valence-electron chi connectivity index (χ1n) is 5.76. The first kappa shape index (κ1) is 16.2. The SMILES string of the molecule is C[C@@H](O)[C@@H](O)[C@H](O)[C@H](O)C(=O)c1ccc([N+](=O)[O-])cc1. The van der Waals surface area contributed by atoms with Crippen LogP contribution in [0.4, 0.5) is 5.69 Å². The number of ketones is 1. The lowest BCUT2D eigenvalue weighted by atomic mass is 9.97. The largest absolute Gasteiger partial charge is 0.391 e. The van der Waals surface area contributed by atoms with Gasteiger partial charge in [0.15, 0.2) is 5.78 Å². The molecule has 0 saturated carbocycles. The quantitative estimate of drug-likeness (QED) is 0.306. The van der Waals surface area contributed by atoms with Gasteiger partial charge in [0, 0.05) is 17.7 Å². The number of nitrogens with zero attached hydrogens (tertiary/aromatic N) is 1. The third-order valence-corrected chi connectivity index (χ3v) is 2.80. The Bertz CT molecular complexity index is 485. The van der Waals surface area contributed by atoms with E-state index in [9.17, 15) is 30.2 Å². The fourth-order valence-corrected chi connectivity index (χ4v) is 1.55. The van der Waals surface area contributed by atoms with Gasteiger partial charge < -0.3 is 20.4 Å². The summed E-state index contributed by atoms with van der Waals surface area (Å²) >= 11 is 0. The van der Waals surface area contributed by atoms with Gasteiger partial charge in [-0.3, -0.25) is 14.9 Å². The molecule has 0 aliphatic heterocycles. The third-order valence-electron chi connectivity index (χ3n) is 2.80. The lowest BCUT2D eigenvalue weighted by molar-refractivity contribution is -0.384. The van der Waals surface area contributed by atoms with Gasteiger partial charge in [0.05, 0.1) is 11.0 Å². The molecule has 0 bridgehead atoms. The van der Waals surface area contributed by atoms with Crippen molar-refractivity contribution in [3.05, 3.63) is 39.9 Å². The van der Waals surface area contributed by atoms with Crippen LogP contribution in [0.1, 0.15) is 17.3 Å². The van der Waals surface area contributed by atoms with E-state index in [0.717, 1.165) is 24.3 Å². The monoisotopic (exact) mass is 285 g/mol. The summed E-state index contributed by atoms with van der Waals surface area (Å²) in [5, 5.41) is 48.1. The lowest BCUT2D eigenvalue weighted by Crippen LogP contribution is -2.46. The van der Waals surface area contributed by atoms with E-state index >= 15 is 0 Å². The van der Waals surface area contributed by atoms with E-state index in [0.29, 0.717) is 0 Å². The van der Waals surface area contributed by atoms with Gasteiger partial charge in [-0.2, -0.15) is 0 Å². The highest BCUT2D eigenvalue weighted by molar-refractivity contribution is 5.99. The van der Waals surface area contributed by atoms with Crippen LogP contribution in [0.2, 0.25) is 0 Å². The molecule has 0 unspecified atom stereocenters. The van der Waals surface area contributed by atoms with Crippen LogP contribution in [0, 0.1) is 10.1 Å². The summed E-state index contributed by atoms with van der Waals surface area (Å²) in [7, 11) is 0. The molecule has 4 atom stereocenters. The Morgan fingerprint density at radius 2 is 1.60 bits per heavy atom. The first-order valence-corrected chi connectivity index (χ1v) is 5.76. The van der Waals surface area contributed by atoms with Crippen LogP contribution in [0.3, 0.4) is 0 Å². The van der Waals surface area contributed by atoms with Crippen LogP contribution in [-0.4, -0.2) is 55.5 Å². The van der Waals surface area contributed by atoms with Crippen molar-refractivity contribution in [2.45, 2.75) is 31.3 Å². The third kappa shape index (κ3) is 3.58. The summed E-state index contributed by atoms with van der Waals surface area (Å²) in [6.07, 6.45) is -6.82. The Morgan fingerprint density at radius 3 is 2.00 bits per heavy atom. The van der Waals surface area contributed by atoms with Gasteiger partial charge in [-0.05, 0) is 19.1 Å². The Labute approximate surface area is 114 Å². The molecule has 0 fully saturated rings. The topological polar surface area (TPSA) is 141 Å². The van der Waals surface area contributed by atoms with Crippen molar-refractivity contribution in [1.29, 1.82) is 0 Å². The highest BCUT2D eigenvalue weighted by Crippen LogP contribution is 2.15. The fraction of sp³-hybridized carbons (Fsp3) is 0.417. The van der Waals surface area contributed by atoms with E-state index in [1.807, 2.05) is 0 Å². The number of non-ortho nitro benzene ring substituents is 1. The lowest BCUT2D eigenvalue weighted by Gasteiger charge is -2.23. The molecule has 1 aromatic rings. The molecule has 110 valence electrons. The summed E-state index contributed by atoms with van der Waals surface area (Å²) < 4.78 is 0. The number of carbonyl (C=O) groups is 1. The van der Waals surface area contributed by atoms with E-state index < -0.39 is 35.1 Å². The molecule has 0 aliphatic carbocycles. The summed E-state index contributed by atoms with van der Waals surface area (Å²) in [4.78, 5) is 21.6. The van der Waals surface area contributed by atoms with Gasteiger partial charge in [0.1, 0.15) is 18.3 Å². The second-order valence-corrected chi connectivity index (χ2v) is 4.33. The summed E-state index contributed by atoms with van der Waals surface area (Å²) in [5.41, 5.74) is -0.277. The zero-order chi connectivity index (χ0) is 15.4. The van der Waals surface area contributed by atoms with E-state index in [-0.39, 0.29) is 11.3 Å². The number of aliphatic hydroxyl groups is 4. The number of rotatable bonds is 6. The molecule has 1 aromatic carbocycles. The second-order valence-electron chi connectivity index (χ2n) is 4.33. The van der Waals surface area contributed by atoms with Crippen molar-refractivity contribution in [3.63, 3.8) is 0 Å². The van der Waals surface area contributed by atoms with Crippen molar-refractivity contribution in [1.82, 2.24) is 0 Å². The highest BCUT2D eigenvalue weighted by Gasteiger charge is 2.33. The summed E-state index contributed by atoms with van der Waals surface area (Å²) in [5.74, 6) is -0.910. The Balaban J connectivity index is 2.86. The number of nitro benzene ring substituents is 1. The van der Waals surface area contributed by atoms with Crippen LogP contribution in [0.25, 0.3) is 0 Å². The maximum atomic E-state index is 11.8. The van der Waals surface area contributed by atoms with Crippen molar-refractivity contribution < 1.29 is 30.1 Å². The fourth-order valence-electron chi connectivity index (χ4n) is 1.55. The molecule has 1 rings (SSSR count). The molecule has 0 aromatic heterocycles. The molecule has 0 saturated heterocycles. The van der Waals surface area contributed by atoms with E-state index in [4.69, 9.17) is 5.11 Å². The minimum atomic E-state index is -1.94. The number of benzene rings is 1. The second kappa shape index (κ2) is 6.53. The van der Waals surface area contributed by atoms with Gasteiger partial charge in [-0.1, -0.05) is 0 Å². The molecular formula is C12H15NO7. The zero-order valence-electron chi connectivity index (χ0n) is 10.6. The van der Waals surface area contributed by atoms with Crippen LogP contribution in [-0.2, 0) is 0 Å². The number of Topliss-reactive ketones (excluding diaryl/α,β-unsaturated/α-hetero) is 1. The Hall–Kier alpha value is -1.87. The number of hydrogen-bond donors (Lipinski definition) is 4. The molecule has 20 heavy (non-hydrogen) atoms. The minimum absolute atomic E-state index is 0.0556. The van der Waals surface area contributed by atoms with Crippen LogP contribution in [0.15, 0.2) is 24.3 Å². The summed E-state index contributed by atoms with van der Waals surface area (Å²) in [6, 6.07) is 4.42. The predicted molar refractivity (Wildman–Crippen MR) is 67.1 cm³/mol. The molecule has 0 radical (unpaired) electrons. The van der Waals surface area contributed by atoms with Crippen molar-refractivity contribution >= 4 is 11.5 Å². The van der Waals surface area contributed by atoms with Gasteiger partial charge in [0.2, 0.25) is 0 Å². The Kier molecular flexibility index (Phi) is 5.28. The maximum Gasteiger partial charge on any atom is 0.269 e. The number of aliphatic hydroxyl groups excluding tert-OH is 4. The average molecular weight is 285 g/mol. The van der Waals surface area contributed by atoms with Crippen molar-refractivity contribution in [2.75, 3.05) is 0 Å². The van der Waals surface area contributed by atoms with E-state index in [2.05, 4.69) is 0 Å². The van der Waals surface area contributed by atoms with Gasteiger partial charge in [0.25, 0.3) is 5.69 Å². The molecule has 8 heteroatoms. The molecular weight excluding hydrogens is 270 g/mol. The van der Waals surface area contributed by atoms with Crippen LogP contribution < -0.4 is 0 Å². The van der Waals surface area contributed by atoms with Gasteiger partial charge >= 0.3 is 0 Å². The van der Waals surface area contributed by atoms with Crippen molar-refractivity contribution in [2.24, 2.45) is 0 Å².